The average molecular weight is 264 g/mol. The number of amides is 1. The highest BCUT2D eigenvalue weighted by Gasteiger charge is 2.13. The topological polar surface area (TPSA) is 66.0 Å². The maximum Gasteiger partial charge on any atom is 0.461 e. The van der Waals surface area contributed by atoms with E-state index in [1.165, 1.54) is 6.42 Å². The molecule has 0 atom stereocenters. The van der Waals surface area contributed by atoms with Crippen LogP contribution in [0.15, 0.2) is 5.10 Å². The number of hydrazone groups is 1. The van der Waals surface area contributed by atoms with Gasteiger partial charge in [0.2, 0.25) is 0 Å². The molecule has 0 spiro atoms. The normalized spacial score (nSPS) is 15.5. The Bertz CT molecular complexity index is 250. The van der Waals surface area contributed by atoms with Crippen molar-refractivity contribution in [2.24, 2.45) is 5.10 Å². The molecule has 6 nitrogen and oxygen atoms in total. The van der Waals surface area contributed by atoms with Crippen LogP contribution in [0.4, 0.5) is 4.79 Å². The number of carbonyl (C=O) groups excluding carboxylic acids is 1. The fourth-order valence-corrected chi connectivity index (χ4v) is 1.99. The number of nitrogens with one attached hydrogen (secondary N) is 2. The molecule has 1 aliphatic carbocycles. The van der Waals surface area contributed by atoms with Crippen LogP contribution in [0.5, 0.6) is 0 Å². The van der Waals surface area contributed by atoms with Crippen LogP contribution in [0, 0.1) is 0 Å². The van der Waals surface area contributed by atoms with E-state index in [2.05, 4.69) is 28.3 Å². The van der Waals surface area contributed by atoms with Gasteiger partial charge in [-0.05, 0) is 37.6 Å². The van der Waals surface area contributed by atoms with Crippen LogP contribution in [-0.4, -0.2) is 22.5 Å². The van der Waals surface area contributed by atoms with Crippen molar-refractivity contribution in [1.29, 1.82) is 0 Å². The van der Waals surface area contributed by atoms with Gasteiger partial charge in [-0.2, -0.15) is 14.3 Å². The van der Waals surface area contributed by atoms with Crippen molar-refractivity contribution in [2.45, 2.75) is 32.1 Å². The van der Waals surface area contributed by atoms with Crippen LogP contribution >= 0.6 is 24.8 Å². The molecular formula is C8H16N4O2S2. The second-order valence-electron chi connectivity index (χ2n) is 3.27. The molecule has 0 radical (unpaired) electrons. The molecule has 0 bridgehead atoms. The van der Waals surface area contributed by atoms with Gasteiger partial charge in [-0.3, -0.25) is 0 Å². The quantitative estimate of drug-likeness (QED) is 0.411. The first-order valence-electron chi connectivity index (χ1n) is 5.03. The molecule has 0 aromatic heterocycles. The third-order valence-electron chi connectivity index (χ3n) is 2.21. The molecule has 2 N–H and O–H groups in total. The fraction of sp³-hybridized carbons (Fsp3) is 0.750. The van der Waals surface area contributed by atoms with Gasteiger partial charge in [0.05, 0.1) is 0 Å². The van der Waals surface area contributed by atoms with Gasteiger partial charge in [0, 0.05) is 12.0 Å². The van der Waals surface area contributed by atoms with Crippen molar-refractivity contribution < 1.29 is 9.63 Å². The van der Waals surface area contributed by atoms with Crippen LogP contribution in [0.3, 0.4) is 0 Å². The predicted molar refractivity (Wildman–Crippen MR) is 67.6 cm³/mol. The van der Waals surface area contributed by atoms with Crippen molar-refractivity contribution >= 4 is 36.6 Å². The summed E-state index contributed by atoms with van der Waals surface area (Å²) in [6, 6.07) is 0. The van der Waals surface area contributed by atoms with E-state index >= 15 is 0 Å². The Morgan fingerprint density at radius 1 is 1.50 bits per heavy atom. The molecule has 16 heavy (non-hydrogen) atoms. The van der Waals surface area contributed by atoms with Crippen LogP contribution in [0.1, 0.15) is 32.1 Å². The lowest BCUT2D eigenvalue weighted by Crippen LogP contribution is -2.34. The SMILES string of the molecule is CSN(NS)C(=O)ONN=C1CCCCC1. The number of hydrogen-bond donors (Lipinski definition) is 3. The molecular weight excluding hydrogens is 248 g/mol. The molecule has 0 saturated heterocycles. The van der Waals surface area contributed by atoms with Crippen molar-refractivity contribution in [3.63, 3.8) is 0 Å². The Morgan fingerprint density at radius 2 is 2.19 bits per heavy atom. The fourth-order valence-electron chi connectivity index (χ4n) is 1.40. The molecule has 1 saturated carbocycles. The van der Waals surface area contributed by atoms with E-state index < -0.39 is 6.09 Å². The molecule has 8 heteroatoms. The Morgan fingerprint density at radius 3 is 2.75 bits per heavy atom. The minimum Gasteiger partial charge on any atom is -0.305 e. The zero-order chi connectivity index (χ0) is 11.8. The largest absolute Gasteiger partial charge is 0.461 e. The Kier molecular flexibility index (Phi) is 6.43. The zero-order valence-electron chi connectivity index (χ0n) is 9.10. The van der Waals surface area contributed by atoms with Gasteiger partial charge in [-0.15, -0.1) is 5.59 Å². The van der Waals surface area contributed by atoms with Gasteiger partial charge >= 0.3 is 6.09 Å². The molecule has 0 unspecified atom stereocenters. The Hall–Kier alpha value is -0.600. The third kappa shape index (κ3) is 4.50. The van der Waals surface area contributed by atoms with Crippen LogP contribution < -0.4 is 10.4 Å². The standard InChI is InChI=1S/C8H16N4O2S2/c1-16-12(11-15)8(13)14-10-9-7-5-3-2-4-6-7/h10-11,15H,2-6H2,1H3. The first-order valence-corrected chi connectivity index (χ1v) is 6.66. The molecule has 1 amide bonds. The predicted octanol–water partition coefficient (Wildman–Crippen LogP) is 1.88. The summed E-state index contributed by atoms with van der Waals surface area (Å²) in [5.74, 6) is 0. The lowest BCUT2D eigenvalue weighted by molar-refractivity contribution is 0.0737. The number of nitrogens with zero attached hydrogens (tertiary/aromatic N) is 2. The van der Waals surface area contributed by atoms with Gasteiger partial charge in [0.25, 0.3) is 0 Å². The lowest BCUT2D eigenvalue weighted by Gasteiger charge is -2.16. The summed E-state index contributed by atoms with van der Waals surface area (Å²) in [5.41, 5.74) is 3.36. The van der Waals surface area contributed by atoms with Crippen molar-refractivity contribution in [2.75, 3.05) is 6.26 Å². The van der Waals surface area contributed by atoms with E-state index in [0.717, 1.165) is 47.8 Å². The van der Waals surface area contributed by atoms with Gasteiger partial charge in [-0.25, -0.2) is 4.79 Å². The summed E-state index contributed by atoms with van der Waals surface area (Å²) < 4.78 is 1.12. The summed E-state index contributed by atoms with van der Waals surface area (Å²) in [7, 11) is 0. The van der Waals surface area contributed by atoms with Crippen LogP contribution in [0.2, 0.25) is 0 Å². The van der Waals surface area contributed by atoms with Crippen molar-refractivity contribution in [1.82, 2.24) is 14.8 Å². The van der Waals surface area contributed by atoms with E-state index in [4.69, 9.17) is 4.84 Å². The number of hydrogen-bond acceptors (Lipinski definition) is 7. The van der Waals surface area contributed by atoms with Crippen LogP contribution in [0.25, 0.3) is 0 Å². The van der Waals surface area contributed by atoms with Gasteiger partial charge < -0.3 is 4.84 Å². The Labute approximate surface area is 105 Å². The maximum atomic E-state index is 11.3. The van der Waals surface area contributed by atoms with E-state index in [9.17, 15) is 4.79 Å². The van der Waals surface area contributed by atoms with E-state index in [0.29, 0.717) is 0 Å². The zero-order valence-corrected chi connectivity index (χ0v) is 10.8. The highest BCUT2D eigenvalue weighted by atomic mass is 32.2. The maximum absolute atomic E-state index is 11.3. The van der Waals surface area contributed by atoms with Gasteiger partial charge in [0.15, 0.2) is 0 Å². The molecule has 0 heterocycles. The van der Waals surface area contributed by atoms with E-state index in [1.807, 2.05) is 0 Å². The summed E-state index contributed by atoms with van der Waals surface area (Å²) in [5, 5.41) is 4.01. The summed E-state index contributed by atoms with van der Waals surface area (Å²) in [6.45, 7) is 0. The molecule has 92 valence electrons. The second kappa shape index (κ2) is 7.64. The Balaban J connectivity index is 2.25. The molecule has 0 aromatic rings. The summed E-state index contributed by atoms with van der Waals surface area (Å²) in [6.07, 6.45) is 6.64. The van der Waals surface area contributed by atoms with Crippen LogP contribution in [-0.2, 0) is 4.84 Å². The number of thiol groups is 1. The first kappa shape index (κ1) is 13.5. The third-order valence-corrected chi connectivity index (χ3v) is 3.15. The average Bonchev–Trinajstić information content (AvgIpc) is 2.32. The monoisotopic (exact) mass is 264 g/mol. The lowest BCUT2D eigenvalue weighted by atomic mass is 9.99. The number of carbonyl (C=O) groups is 1. The summed E-state index contributed by atoms with van der Waals surface area (Å²) in [4.78, 5) is 18.4. The smallest absolute Gasteiger partial charge is 0.305 e. The number of rotatable bonds is 4. The number of hydrazine groups is 1. The minimum absolute atomic E-state index is 0.595. The van der Waals surface area contributed by atoms with Crippen molar-refractivity contribution in [3.05, 3.63) is 0 Å². The minimum atomic E-state index is -0.595. The van der Waals surface area contributed by atoms with Crippen molar-refractivity contribution in [3.8, 4) is 0 Å². The molecule has 0 aromatic carbocycles. The molecule has 0 aliphatic heterocycles. The first-order chi connectivity index (χ1) is 7.77. The molecule has 1 fully saturated rings. The highest BCUT2D eigenvalue weighted by Crippen LogP contribution is 2.14. The van der Waals surface area contributed by atoms with E-state index in [-0.39, 0.29) is 0 Å². The molecule has 1 rings (SSSR count). The summed E-state index contributed by atoms with van der Waals surface area (Å²) >= 11 is 4.90. The van der Waals surface area contributed by atoms with Gasteiger partial charge in [-0.1, -0.05) is 19.2 Å². The molecule has 1 aliphatic rings. The van der Waals surface area contributed by atoms with Gasteiger partial charge in [0.1, 0.15) is 0 Å². The second-order valence-corrected chi connectivity index (χ2v) is 4.21. The highest BCUT2D eigenvalue weighted by molar-refractivity contribution is 7.97. The van der Waals surface area contributed by atoms with E-state index in [1.54, 1.807) is 6.26 Å².